The second-order valence-electron chi connectivity index (χ2n) is 4.12. The van der Waals surface area contributed by atoms with E-state index in [1.54, 1.807) is 6.20 Å². The van der Waals surface area contributed by atoms with Crippen LogP contribution in [-0.4, -0.2) is 11.1 Å². The first kappa shape index (κ1) is 9.31. The molecule has 0 amide bonds. The Morgan fingerprint density at radius 3 is 2.71 bits per heavy atom. The third-order valence-electron chi connectivity index (χ3n) is 2.33. The fourth-order valence-corrected chi connectivity index (χ4v) is 1.26. The van der Waals surface area contributed by atoms with Gasteiger partial charge in [-0.3, -0.25) is 4.98 Å². The lowest BCUT2D eigenvalue weighted by atomic mass is 10.1. The van der Waals surface area contributed by atoms with Gasteiger partial charge in [-0.1, -0.05) is 13.8 Å². The molecule has 0 aliphatic heterocycles. The standard InChI is InChI=1S/C11H16N2O/c1-7(2)10-5-9(12)11(6-13-10)14-8-3-4-8/h5-8H,3-4H2,1-2H3,(H2,12,13). The summed E-state index contributed by atoms with van der Waals surface area (Å²) in [5.74, 6) is 1.14. The normalized spacial score (nSPS) is 15.9. The van der Waals surface area contributed by atoms with Gasteiger partial charge in [-0.25, -0.2) is 0 Å². The summed E-state index contributed by atoms with van der Waals surface area (Å²) in [6.07, 6.45) is 4.41. The van der Waals surface area contributed by atoms with E-state index in [1.807, 2.05) is 6.07 Å². The van der Waals surface area contributed by atoms with Gasteiger partial charge in [-0.15, -0.1) is 0 Å². The van der Waals surface area contributed by atoms with Gasteiger partial charge in [0, 0.05) is 5.69 Å². The molecule has 1 aromatic heterocycles. The number of nitrogens with two attached hydrogens (primary N) is 1. The molecule has 1 aliphatic carbocycles. The number of ether oxygens (including phenoxy) is 1. The van der Waals surface area contributed by atoms with Crippen molar-refractivity contribution in [2.24, 2.45) is 0 Å². The Balaban J connectivity index is 2.17. The molecule has 1 aromatic rings. The lowest BCUT2D eigenvalue weighted by Gasteiger charge is -2.10. The van der Waals surface area contributed by atoms with Crippen molar-refractivity contribution in [2.75, 3.05) is 5.73 Å². The largest absolute Gasteiger partial charge is 0.487 e. The van der Waals surface area contributed by atoms with E-state index in [0.29, 0.717) is 17.7 Å². The zero-order chi connectivity index (χ0) is 10.1. The molecule has 0 radical (unpaired) electrons. The van der Waals surface area contributed by atoms with Gasteiger partial charge in [0.05, 0.1) is 18.0 Å². The maximum Gasteiger partial charge on any atom is 0.160 e. The monoisotopic (exact) mass is 192 g/mol. The van der Waals surface area contributed by atoms with Gasteiger partial charge in [-0.2, -0.15) is 0 Å². The van der Waals surface area contributed by atoms with Crippen LogP contribution in [0.25, 0.3) is 0 Å². The highest BCUT2D eigenvalue weighted by molar-refractivity contribution is 5.52. The van der Waals surface area contributed by atoms with Gasteiger partial charge in [0.15, 0.2) is 5.75 Å². The van der Waals surface area contributed by atoms with Crippen LogP contribution in [0.2, 0.25) is 0 Å². The minimum Gasteiger partial charge on any atom is -0.487 e. The van der Waals surface area contributed by atoms with Crippen LogP contribution < -0.4 is 10.5 Å². The Morgan fingerprint density at radius 2 is 2.21 bits per heavy atom. The molecule has 1 saturated carbocycles. The van der Waals surface area contributed by atoms with E-state index in [9.17, 15) is 0 Å². The van der Waals surface area contributed by atoms with Crippen LogP contribution in [0.3, 0.4) is 0 Å². The van der Waals surface area contributed by atoms with Crippen molar-refractivity contribution in [3.05, 3.63) is 18.0 Å². The second kappa shape index (κ2) is 3.48. The van der Waals surface area contributed by atoms with Crippen molar-refractivity contribution in [1.82, 2.24) is 4.98 Å². The molecule has 0 bridgehead atoms. The van der Waals surface area contributed by atoms with Crippen LogP contribution in [0.1, 0.15) is 38.3 Å². The summed E-state index contributed by atoms with van der Waals surface area (Å²) in [7, 11) is 0. The van der Waals surface area contributed by atoms with E-state index >= 15 is 0 Å². The number of nitrogen functional groups attached to an aromatic ring is 1. The van der Waals surface area contributed by atoms with Crippen molar-refractivity contribution < 1.29 is 4.74 Å². The molecule has 0 unspecified atom stereocenters. The van der Waals surface area contributed by atoms with Crippen molar-refractivity contribution in [2.45, 2.75) is 38.7 Å². The average Bonchev–Trinajstić information content (AvgIpc) is 2.92. The molecule has 2 rings (SSSR count). The predicted molar refractivity (Wildman–Crippen MR) is 56.4 cm³/mol. The summed E-state index contributed by atoms with van der Waals surface area (Å²) in [6.45, 7) is 4.20. The van der Waals surface area contributed by atoms with Crippen LogP contribution in [-0.2, 0) is 0 Å². The van der Waals surface area contributed by atoms with Gasteiger partial charge < -0.3 is 10.5 Å². The second-order valence-corrected chi connectivity index (χ2v) is 4.12. The molecule has 1 fully saturated rings. The lowest BCUT2D eigenvalue weighted by molar-refractivity contribution is 0.303. The minimum absolute atomic E-state index is 0.379. The summed E-state index contributed by atoms with van der Waals surface area (Å²) in [6, 6.07) is 1.91. The molecule has 76 valence electrons. The van der Waals surface area contributed by atoms with Crippen LogP contribution in [0.5, 0.6) is 5.75 Å². The van der Waals surface area contributed by atoms with E-state index in [-0.39, 0.29) is 0 Å². The first-order valence-corrected chi connectivity index (χ1v) is 5.09. The van der Waals surface area contributed by atoms with E-state index < -0.39 is 0 Å². The molecular weight excluding hydrogens is 176 g/mol. The fraction of sp³-hybridized carbons (Fsp3) is 0.545. The number of anilines is 1. The summed E-state index contributed by atoms with van der Waals surface area (Å²) in [4.78, 5) is 4.31. The van der Waals surface area contributed by atoms with Gasteiger partial charge in [0.1, 0.15) is 0 Å². The molecule has 3 nitrogen and oxygen atoms in total. The van der Waals surface area contributed by atoms with Crippen molar-refractivity contribution in [3.8, 4) is 5.75 Å². The fourth-order valence-electron chi connectivity index (χ4n) is 1.26. The summed E-state index contributed by atoms with van der Waals surface area (Å²) >= 11 is 0. The van der Waals surface area contributed by atoms with Crippen LogP contribution in [0, 0.1) is 0 Å². The highest BCUT2D eigenvalue weighted by Crippen LogP contribution is 2.31. The van der Waals surface area contributed by atoms with Gasteiger partial charge >= 0.3 is 0 Å². The molecule has 0 aromatic carbocycles. The molecule has 2 N–H and O–H groups in total. The average molecular weight is 192 g/mol. The Morgan fingerprint density at radius 1 is 1.50 bits per heavy atom. The zero-order valence-electron chi connectivity index (χ0n) is 8.66. The molecular formula is C11H16N2O. The van der Waals surface area contributed by atoms with Crippen molar-refractivity contribution >= 4 is 5.69 Å². The Bertz CT molecular complexity index is 332. The quantitative estimate of drug-likeness (QED) is 0.799. The SMILES string of the molecule is CC(C)c1cc(N)c(OC2CC2)cn1. The number of hydrogen-bond donors (Lipinski definition) is 1. The lowest BCUT2D eigenvalue weighted by Crippen LogP contribution is -2.02. The smallest absolute Gasteiger partial charge is 0.160 e. The summed E-state index contributed by atoms with van der Waals surface area (Å²) in [5, 5.41) is 0. The van der Waals surface area contributed by atoms with E-state index in [1.165, 1.54) is 0 Å². The van der Waals surface area contributed by atoms with Crippen LogP contribution in [0.15, 0.2) is 12.3 Å². The summed E-state index contributed by atoms with van der Waals surface area (Å²) in [5.41, 5.74) is 7.59. The Labute approximate surface area is 84.3 Å². The van der Waals surface area contributed by atoms with Crippen LogP contribution >= 0.6 is 0 Å². The molecule has 0 saturated heterocycles. The van der Waals surface area contributed by atoms with E-state index in [2.05, 4.69) is 18.8 Å². The summed E-state index contributed by atoms with van der Waals surface area (Å²) < 4.78 is 5.60. The molecule has 0 spiro atoms. The highest BCUT2D eigenvalue weighted by atomic mass is 16.5. The predicted octanol–water partition coefficient (Wildman–Crippen LogP) is 2.33. The van der Waals surface area contributed by atoms with Gasteiger partial charge in [0.2, 0.25) is 0 Å². The zero-order valence-corrected chi connectivity index (χ0v) is 8.66. The van der Waals surface area contributed by atoms with Gasteiger partial charge in [-0.05, 0) is 24.8 Å². The number of rotatable bonds is 3. The van der Waals surface area contributed by atoms with Crippen molar-refractivity contribution in [1.29, 1.82) is 0 Å². The van der Waals surface area contributed by atoms with Gasteiger partial charge in [0.25, 0.3) is 0 Å². The van der Waals surface area contributed by atoms with E-state index in [0.717, 1.165) is 24.3 Å². The number of aromatic nitrogens is 1. The maximum atomic E-state index is 5.87. The number of hydrogen-bond acceptors (Lipinski definition) is 3. The highest BCUT2D eigenvalue weighted by Gasteiger charge is 2.24. The van der Waals surface area contributed by atoms with E-state index in [4.69, 9.17) is 10.5 Å². The van der Waals surface area contributed by atoms with Crippen molar-refractivity contribution in [3.63, 3.8) is 0 Å². The Hall–Kier alpha value is -1.25. The first-order valence-electron chi connectivity index (χ1n) is 5.09. The topological polar surface area (TPSA) is 48.1 Å². The first-order chi connectivity index (χ1) is 6.66. The molecule has 0 atom stereocenters. The van der Waals surface area contributed by atoms with Crippen LogP contribution in [0.4, 0.5) is 5.69 Å². The number of nitrogens with zero attached hydrogens (tertiary/aromatic N) is 1. The molecule has 14 heavy (non-hydrogen) atoms. The minimum atomic E-state index is 0.379. The number of pyridine rings is 1. The molecule has 3 heteroatoms. The third-order valence-corrected chi connectivity index (χ3v) is 2.33. The third kappa shape index (κ3) is 1.97. The molecule has 1 aliphatic rings. The maximum absolute atomic E-state index is 5.87. The Kier molecular flexibility index (Phi) is 2.32. The molecule has 1 heterocycles.